The van der Waals surface area contributed by atoms with E-state index in [2.05, 4.69) is 486 Å². The summed E-state index contributed by atoms with van der Waals surface area (Å²) in [6.45, 7) is 9.67. The number of para-hydroxylation sites is 1. The van der Waals surface area contributed by atoms with Gasteiger partial charge in [0.15, 0.2) is 0 Å². The first-order valence-corrected chi connectivity index (χ1v) is 43.3. The molecular formula is C122H86N2. The van der Waals surface area contributed by atoms with Crippen LogP contribution in [0.2, 0.25) is 0 Å². The van der Waals surface area contributed by atoms with Crippen molar-refractivity contribution in [3.63, 3.8) is 0 Å². The lowest BCUT2D eigenvalue weighted by Crippen LogP contribution is -2.17. The van der Waals surface area contributed by atoms with E-state index in [-0.39, 0.29) is 10.8 Å². The zero-order valence-corrected chi connectivity index (χ0v) is 69.6. The lowest BCUT2D eigenvalue weighted by molar-refractivity contribution is 0.660. The molecule has 0 heterocycles. The van der Waals surface area contributed by atoms with Crippen molar-refractivity contribution in [2.24, 2.45) is 0 Å². The molecule has 2 nitrogen and oxygen atoms in total. The standard InChI is InChI=1S/C122H86N2/c1-121(2)114-74-91(100-43-21-19-41-98(100)82-33-13-7-14-34-82)56-63-106(114)108-66-61-96(77-116(108)121)123(94-59-55-88-69-86-37-17-18-38-87(86)71-93(88)72-94)119-68-58-90(73-112(119)89-40-27-39-85(70-89)80-31-11-6-12-32-80)103-48-28-49-111-105-65-60-95(76-113(105)104-46-23-24-47-110(104)120(103)111)124(118-50-26-25-45-102(118)84-53-51-81(52-54-84)79-29-9-5-10-30-79)97-62-67-109-107-64-57-92(75-115(107)122(3,4)117(109)78-97)101-44-22-20-42-99(101)83-35-15-8-16-36-83/h5-78H,1-4H3. The Kier molecular flexibility index (Phi) is 17.7. The largest absolute Gasteiger partial charge is 0.310 e. The first kappa shape index (κ1) is 73.6. The van der Waals surface area contributed by atoms with Crippen molar-refractivity contribution in [1.82, 2.24) is 0 Å². The highest BCUT2D eigenvalue weighted by Gasteiger charge is 2.39. The highest BCUT2D eigenvalue weighted by molar-refractivity contribution is 6.29. The minimum Gasteiger partial charge on any atom is -0.310 e. The Morgan fingerprint density at radius 1 is 0.153 bits per heavy atom. The van der Waals surface area contributed by atoms with Gasteiger partial charge in [0, 0.05) is 44.7 Å². The normalized spacial score (nSPS) is 12.8. The van der Waals surface area contributed by atoms with E-state index in [0.717, 1.165) is 67.5 Å². The number of nitrogens with zero attached hydrogens (tertiary/aromatic N) is 2. The molecule has 21 aromatic rings. The number of rotatable bonds is 15. The second-order valence-electron chi connectivity index (χ2n) is 34.6. The first-order valence-electron chi connectivity index (χ1n) is 43.3. The number of hydrogen-bond acceptors (Lipinski definition) is 2. The third-order valence-electron chi connectivity index (χ3n) is 26.8. The maximum Gasteiger partial charge on any atom is 0.0540 e. The van der Waals surface area contributed by atoms with Crippen LogP contribution in [-0.4, -0.2) is 0 Å². The fourth-order valence-corrected chi connectivity index (χ4v) is 20.6. The molecule has 2 heteroatoms. The highest BCUT2D eigenvalue weighted by Crippen LogP contribution is 2.57. The van der Waals surface area contributed by atoms with Crippen LogP contribution in [0.25, 0.3) is 176 Å². The van der Waals surface area contributed by atoms with Gasteiger partial charge in [-0.05, 0) is 284 Å². The van der Waals surface area contributed by atoms with E-state index in [0.29, 0.717) is 0 Å². The van der Waals surface area contributed by atoms with Gasteiger partial charge in [0.05, 0.1) is 11.4 Å². The average molecular weight is 1580 g/mol. The molecule has 0 unspecified atom stereocenters. The van der Waals surface area contributed by atoms with Gasteiger partial charge in [-0.25, -0.2) is 0 Å². The molecule has 0 saturated heterocycles. The van der Waals surface area contributed by atoms with Crippen molar-refractivity contribution < 1.29 is 0 Å². The molecule has 0 spiro atoms. The highest BCUT2D eigenvalue weighted by atomic mass is 15.2. The third-order valence-corrected chi connectivity index (χ3v) is 26.8. The van der Waals surface area contributed by atoms with Crippen molar-refractivity contribution in [2.45, 2.75) is 38.5 Å². The van der Waals surface area contributed by atoms with Crippen LogP contribution in [0, 0.1) is 0 Å². The second kappa shape index (κ2) is 29.7. The molecule has 0 atom stereocenters. The minimum absolute atomic E-state index is 0.329. The van der Waals surface area contributed by atoms with E-state index in [9.17, 15) is 0 Å². The molecule has 0 bridgehead atoms. The van der Waals surface area contributed by atoms with E-state index in [4.69, 9.17) is 0 Å². The minimum atomic E-state index is -0.343. The maximum absolute atomic E-state index is 2.54. The molecule has 0 saturated carbocycles. The summed E-state index contributed by atoms with van der Waals surface area (Å²) >= 11 is 0. The molecule has 2 aliphatic rings. The van der Waals surface area contributed by atoms with Gasteiger partial charge in [0.1, 0.15) is 0 Å². The zero-order chi connectivity index (χ0) is 82.7. The van der Waals surface area contributed by atoms with E-state index < -0.39 is 0 Å². The Hall–Kier alpha value is -15.5. The smallest absolute Gasteiger partial charge is 0.0540 e. The van der Waals surface area contributed by atoms with E-state index in [1.807, 2.05) is 0 Å². The fraction of sp³-hybridized carbons (Fsp3) is 0.0492. The molecule has 2 aliphatic carbocycles. The first-order chi connectivity index (χ1) is 61.0. The molecule has 0 amide bonds. The van der Waals surface area contributed by atoms with Crippen LogP contribution in [0.5, 0.6) is 0 Å². The van der Waals surface area contributed by atoms with Crippen LogP contribution in [0.1, 0.15) is 49.9 Å². The Bertz CT molecular complexity index is 7800. The Morgan fingerprint density at radius 3 is 1.06 bits per heavy atom. The molecule has 0 N–H and O–H groups in total. The van der Waals surface area contributed by atoms with E-state index in [1.165, 1.54) is 165 Å². The molecule has 0 fully saturated rings. The van der Waals surface area contributed by atoms with Gasteiger partial charge < -0.3 is 9.80 Å². The lowest BCUT2D eigenvalue weighted by Gasteiger charge is -2.30. The summed E-state index contributed by atoms with van der Waals surface area (Å²) in [5.41, 5.74) is 37.5. The average Bonchev–Trinajstić information content (AvgIpc) is 1.35. The molecule has 0 aliphatic heterocycles. The van der Waals surface area contributed by atoms with Crippen molar-refractivity contribution in [3.05, 3.63) is 471 Å². The maximum atomic E-state index is 2.54. The third kappa shape index (κ3) is 12.5. The van der Waals surface area contributed by atoms with E-state index >= 15 is 0 Å². The number of anilines is 6. The number of hydrogen-bond donors (Lipinski definition) is 0. The summed E-state index contributed by atoms with van der Waals surface area (Å²) in [6, 6.07) is 168. The number of benzene rings is 21. The predicted molar refractivity (Wildman–Crippen MR) is 527 cm³/mol. The molecule has 23 rings (SSSR count). The summed E-state index contributed by atoms with van der Waals surface area (Å²) < 4.78 is 0. The molecule has 0 aromatic heterocycles. The van der Waals surface area contributed by atoms with Crippen LogP contribution in [0.15, 0.2) is 449 Å². The van der Waals surface area contributed by atoms with Crippen LogP contribution < -0.4 is 9.80 Å². The Labute approximate surface area is 724 Å². The Balaban J connectivity index is 0.688. The Morgan fingerprint density at radius 2 is 0.484 bits per heavy atom. The molecule has 584 valence electrons. The predicted octanol–water partition coefficient (Wildman–Crippen LogP) is 34.0. The van der Waals surface area contributed by atoms with Crippen LogP contribution >= 0.6 is 0 Å². The zero-order valence-electron chi connectivity index (χ0n) is 69.6. The van der Waals surface area contributed by atoms with Crippen LogP contribution in [0.3, 0.4) is 0 Å². The monoisotopic (exact) mass is 1580 g/mol. The summed E-state index contributed by atoms with van der Waals surface area (Å²) in [5.74, 6) is 0. The topological polar surface area (TPSA) is 6.48 Å². The van der Waals surface area contributed by atoms with Crippen molar-refractivity contribution in [1.29, 1.82) is 0 Å². The summed E-state index contributed by atoms with van der Waals surface area (Å²) in [4.78, 5) is 5.07. The van der Waals surface area contributed by atoms with Gasteiger partial charge in [-0.1, -0.05) is 380 Å². The summed E-state index contributed by atoms with van der Waals surface area (Å²) in [6.07, 6.45) is 0. The fourth-order valence-electron chi connectivity index (χ4n) is 20.6. The summed E-state index contributed by atoms with van der Waals surface area (Å²) in [7, 11) is 0. The van der Waals surface area contributed by atoms with Crippen molar-refractivity contribution in [2.75, 3.05) is 9.80 Å². The van der Waals surface area contributed by atoms with Crippen molar-refractivity contribution in [3.8, 4) is 122 Å². The van der Waals surface area contributed by atoms with Gasteiger partial charge in [0.2, 0.25) is 0 Å². The van der Waals surface area contributed by atoms with E-state index in [1.54, 1.807) is 0 Å². The van der Waals surface area contributed by atoms with Gasteiger partial charge >= 0.3 is 0 Å². The quantitative estimate of drug-likeness (QED) is 0.0746. The van der Waals surface area contributed by atoms with Crippen LogP contribution in [0.4, 0.5) is 34.1 Å². The molecular weight excluding hydrogens is 1490 g/mol. The second-order valence-corrected chi connectivity index (χ2v) is 34.6. The van der Waals surface area contributed by atoms with Crippen LogP contribution in [-0.2, 0) is 10.8 Å². The number of fused-ring (bicyclic) bond motifs is 14. The van der Waals surface area contributed by atoms with Gasteiger partial charge in [0.25, 0.3) is 0 Å². The van der Waals surface area contributed by atoms with Crippen molar-refractivity contribution >= 4 is 88.0 Å². The van der Waals surface area contributed by atoms with Gasteiger partial charge in [-0.2, -0.15) is 0 Å². The SMILES string of the molecule is CC1(C)c2cc(-c3ccccc3-c3ccccc3)ccc2-c2ccc(N(c3ccc4c(c3)c3ccccc3c3c(-c5ccc(N(c6ccc7c(c6)C(C)(C)c6cc(-c8ccccc8-c8ccccc8)ccc6-7)c6ccc7cc8ccccc8cc7c6)c(-c6cccc(-c7ccccc7)c6)c5)cccc43)c3ccccc3-c3ccc(-c4ccccc4)cc3)cc21. The summed E-state index contributed by atoms with van der Waals surface area (Å²) in [5, 5.41) is 12.0. The molecule has 0 radical (unpaired) electrons. The molecule has 21 aromatic carbocycles. The molecule has 124 heavy (non-hydrogen) atoms. The lowest BCUT2D eigenvalue weighted by atomic mass is 9.81. The van der Waals surface area contributed by atoms with Gasteiger partial charge in [-0.15, -0.1) is 0 Å². The van der Waals surface area contributed by atoms with Gasteiger partial charge in [-0.3, -0.25) is 0 Å².